The first kappa shape index (κ1) is 12.4. The molecule has 1 aromatic rings. The summed E-state index contributed by atoms with van der Waals surface area (Å²) < 4.78 is 10.8. The third-order valence-electron chi connectivity index (χ3n) is 1.87. The maximum atomic E-state index is 5.51. The van der Waals surface area contributed by atoms with Gasteiger partial charge in [-0.1, -0.05) is 30.4 Å². The van der Waals surface area contributed by atoms with Crippen molar-refractivity contribution in [1.29, 1.82) is 0 Å². The summed E-state index contributed by atoms with van der Waals surface area (Å²) in [4.78, 5) is 0. The van der Waals surface area contributed by atoms with Gasteiger partial charge < -0.3 is 9.47 Å². The number of benzene rings is 1. The van der Waals surface area contributed by atoms with E-state index in [-0.39, 0.29) is 0 Å². The molecule has 0 amide bonds. The van der Waals surface area contributed by atoms with Crippen molar-refractivity contribution >= 4 is 0 Å². The molecule has 16 heavy (non-hydrogen) atoms. The van der Waals surface area contributed by atoms with E-state index >= 15 is 0 Å². The van der Waals surface area contributed by atoms with Crippen LogP contribution in [0.3, 0.4) is 0 Å². The van der Waals surface area contributed by atoms with Crippen LogP contribution in [0.4, 0.5) is 0 Å². The Bertz CT molecular complexity index is 328. The predicted octanol–water partition coefficient (Wildman–Crippen LogP) is 3.56. The second-order valence-corrected chi connectivity index (χ2v) is 3.53. The summed E-state index contributed by atoms with van der Waals surface area (Å²) in [6.07, 6.45) is 4.39. The molecule has 0 spiro atoms. The largest absolute Gasteiger partial charge is 0.501 e. The van der Waals surface area contributed by atoms with E-state index in [4.69, 9.17) is 9.47 Å². The van der Waals surface area contributed by atoms with Crippen molar-refractivity contribution in [2.45, 2.75) is 13.3 Å². The monoisotopic (exact) mass is 218 g/mol. The Morgan fingerprint density at radius 2 is 2.00 bits per heavy atom. The Morgan fingerprint density at radius 1 is 1.25 bits per heavy atom. The van der Waals surface area contributed by atoms with Crippen molar-refractivity contribution in [1.82, 2.24) is 0 Å². The van der Waals surface area contributed by atoms with Gasteiger partial charge in [0.15, 0.2) is 0 Å². The maximum absolute atomic E-state index is 5.51. The average Bonchev–Trinajstić information content (AvgIpc) is 2.29. The van der Waals surface area contributed by atoms with Gasteiger partial charge in [-0.05, 0) is 25.1 Å². The molecule has 2 nitrogen and oxygen atoms in total. The van der Waals surface area contributed by atoms with Crippen molar-refractivity contribution in [2.75, 3.05) is 13.2 Å². The van der Waals surface area contributed by atoms with Gasteiger partial charge in [0.05, 0.1) is 19.5 Å². The minimum Gasteiger partial charge on any atom is -0.501 e. The third-order valence-corrected chi connectivity index (χ3v) is 1.87. The van der Waals surface area contributed by atoms with Crippen LogP contribution in [-0.4, -0.2) is 13.2 Å². The fourth-order valence-electron chi connectivity index (χ4n) is 1.08. The molecular formula is C14H18O2. The van der Waals surface area contributed by atoms with E-state index in [1.165, 1.54) is 0 Å². The van der Waals surface area contributed by atoms with Gasteiger partial charge in [-0.3, -0.25) is 0 Å². The zero-order valence-corrected chi connectivity index (χ0v) is 9.69. The van der Waals surface area contributed by atoms with Crippen LogP contribution in [0.2, 0.25) is 0 Å². The first-order valence-electron chi connectivity index (χ1n) is 5.40. The van der Waals surface area contributed by atoms with E-state index in [0.717, 1.165) is 17.7 Å². The standard InChI is InChI=1S/C14H18O2/c1-13(2)9-12-15-10-6-11-16-14-7-4-3-5-8-14/h3-5,7-9,12H,1,6,10-11H2,2H3. The molecule has 0 aromatic heterocycles. The minimum atomic E-state index is 0.663. The van der Waals surface area contributed by atoms with Crippen LogP contribution in [0.15, 0.2) is 54.8 Å². The molecule has 0 atom stereocenters. The Balaban J connectivity index is 2.02. The highest BCUT2D eigenvalue weighted by Crippen LogP contribution is 2.08. The molecule has 0 radical (unpaired) electrons. The van der Waals surface area contributed by atoms with Crippen molar-refractivity contribution < 1.29 is 9.47 Å². The summed E-state index contributed by atoms with van der Waals surface area (Å²) in [7, 11) is 0. The van der Waals surface area contributed by atoms with Crippen LogP contribution >= 0.6 is 0 Å². The number of hydrogen-bond acceptors (Lipinski definition) is 2. The number of allylic oxidation sites excluding steroid dienone is 2. The predicted molar refractivity (Wildman–Crippen MR) is 66.5 cm³/mol. The lowest BCUT2D eigenvalue weighted by atomic mass is 10.3. The molecule has 0 aliphatic heterocycles. The number of para-hydroxylation sites is 1. The summed E-state index contributed by atoms with van der Waals surface area (Å²) in [5.74, 6) is 0.903. The summed E-state index contributed by atoms with van der Waals surface area (Å²) in [6, 6.07) is 9.78. The summed E-state index contributed by atoms with van der Waals surface area (Å²) >= 11 is 0. The average molecular weight is 218 g/mol. The van der Waals surface area contributed by atoms with Gasteiger partial charge in [-0.25, -0.2) is 0 Å². The lowest BCUT2D eigenvalue weighted by Crippen LogP contribution is -2.00. The summed E-state index contributed by atoms with van der Waals surface area (Å²) in [5, 5.41) is 0. The zero-order valence-electron chi connectivity index (χ0n) is 9.69. The highest BCUT2D eigenvalue weighted by atomic mass is 16.5. The van der Waals surface area contributed by atoms with Gasteiger partial charge in [0.1, 0.15) is 5.75 Å². The molecule has 0 fully saturated rings. The number of ether oxygens (including phenoxy) is 2. The fraction of sp³-hybridized carbons (Fsp3) is 0.286. The molecule has 0 bridgehead atoms. The van der Waals surface area contributed by atoms with E-state index in [1.54, 1.807) is 6.26 Å². The molecule has 0 saturated heterocycles. The van der Waals surface area contributed by atoms with E-state index in [1.807, 2.05) is 43.3 Å². The van der Waals surface area contributed by atoms with Gasteiger partial charge in [-0.2, -0.15) is 0 Å². The Labute approximate surface area is 97.2 Å². The molecule has 86 valence electrons. The van der Waals surface area contributed by atoms with Gasteiger partial charge >= 0.3 is 0 Å². The van der Waals surface area contributed by atoms with E-state index in [0.29, 0.717) is 13.2 Å². The smallest absolute Gasteiger partial charge is 0.119 e. The highest BCUT2D eigenvalue weighted by molar-refractivity contribution is 5.20. The molecule has 0 heterocycles. The van der Waals surface area contributed by atoms with E-state index < -0.39 is 0 Å². The highest BCUT2D eigenvalue weighted by Gasteiger charge is 1.91. The number of hydrogen-bond donors (Lipinski definition) is 0. The molecule has 0 unspecified atom stereocenters. The second kappa shape index (κ2) is 7.57. The minimum absolute atomic E-state index is 0.663. The van der Waals surface area contributed by atoms with Gasteiger partial charge in [0, 0.05) is 6.42 Å². The van der Waals surface area contributed by atoms with E-state index in [2.05, 4.69) is 6.58 Å². The molecule has 0 aliphatic rings. The molecule has 2 heteroatoms. The SMILES string of the molecule is C=C(C)C=COCCCOc1ccccc1. The zero-order chi connectivity index (χ0) is 11.6. The Hall–Kier alpha value is -1.70. The first-order valence-corrected chi connectivity index (χ1v) is 5.40. The molecular weight excluding hydrogens is 200 g/mol. The van der Waals surface area contributed by atoms with Crippen LogP contribution in [0.25, 0.3) is 0 Å². The second-order valence-electron chi connectivity index (χ2n) is 3.53. The van der Waals surface area contributed by atoms with Crippen molar-refractivity contribution in [3.63, 3.8) is 0 Å². The van der Waals surface area contributed by atoms with Crippen LogP contribution in [-0.2, 0) is 4.74 Å². The Morgan fingerprint density at radius 3 is 2.69 bits per heavy atom. The third kappa shape index (κ3) is 5.91. The molecule has 0 saturated carbocycles. The van der Waals surface area contributed by atoms with Crippen LogP contribution in [0, 0.1) is 0 Å². The fourth-order valence-corrected chi connectivity index (χ4v) is 1.08. The molecule has 0 N–H and O–H groups in total. The maximum Gasteiger partial charge on any atom is 0.119 e. The van der Waals surface area contributed by atoms with Crippen molar-refractivity contribution in [3.8, 4) is 5.75 Å². The van der Waals surface area contributed by atoms with E-state index in [9.17, 15) is 0 Å². The van der Waals surface area contributed by atoms with Crippen LogP contribution in [0.5, 0.6) is 5.75 Å². The molecule has 0 aliphatic carbocycles. The van der Waals surface area contributed by atoms with Crippen molar-refractivity contribution in [2.24, 2.45) is 0 Å². The van der Waals surface area contributed by atoms with Gasteiger partial charge in [0.2, 0.25) is 0 Å². The topological polar surface area (TPSA) is 18.5 Å². The van der Waals surface area contributed by atoms with Gasteiger partial charge in [0.25, 0.3) is 0 Å². The number of rotatable bonds is 7. The lowest BCUT2D eigenvalue weighted by Gasteiger charge is -2.05. The molecule has 1 rings (SSSR count). The van der Waals surface area contributed by atoms with Crippen LogP contribution < -0.4 is 4.74 Å². The normalized spacial score (nSPS) is 10.3. The van der Waals surface area contributed by atoms with Crippen LogP contribution in [0.1, 0.15) is 13.3 Å². The Kier molecular flexibility index (Phi) is 5.86. The quantitative estimate of drug-likeness (QED) is 0.396. The molecule has 1 aromatic carbocycles. The van der Waals surface area contributed by atoms with Crippen molar-refractivity contribution in [3.05, 3.63) is 54.8 Å². The summed E-state index contributed by atoms with van der Waals surface area (Å²) in [6.45, 7) is 7.00. The van der Waals surface area contributed by atoms with Gasteiger partial charge in [-0.15, -0.1) is 0 Å². The summed E-state index contributed by atoms with van der Waals surface area (Å²) in [5.41, 5.74) is 0.987. The lowest BCUT2D eigenvalue weighted by molar-refractivity contribution is 0.208. The first-order chi connectivity index (χ1) is 7.79.